The molecule has 0 aliphatic carbocycles. The lowest BCUT2D eigenvalue weighted by Crippen LogP contribution is -2.44. The molecule has 2 N–H and O–H groups in total. The van der Waals surface area contributed by atoms with Crippen LogP contribution >= 0.6 is 0 Å². The number of nitrogens with zero attached hydrogens (tertiary/aromatic N) is 1. The Morgan fingerprint density at radius 3 is 2.93 bits per heavy atom. The zero-order chi connectivity index (χ0) is 19.4. The lowest BCUT2D eigenvalue weighted by molar-refractivity contribution is -0.122. The summed E-state index contributed by atoms with van der Waals surface area (Å²) in [5.41, 5.74) is 1.50. The summed E-state index contributed by atoms with van der Waals surface area (Å²) in [4.78, 5) is 28.6. The highest BCUT2D eigenvalue weighted by molar-refractivity contribution is 5.81. The lowest BCUT2D eigenvalue weighted by Gasteiger charge is -2.28. The minimum absolute atomic E-state index is 0.0341. The Kier molecular flexibility index (Phi) is 5.10. The van der Waals surface area contributed by atoms with Crippen LogP contribution in [0.15, 0.2) is 59.3 Å². The molecule has 1 saturated heterocycles. The van der Waals surface area contributed by atoms with Crippen molar-refractivity contribution < 1.29 is 14.0 Å². The molecule has 28 heavy (non-hydrogen) atoms. The molecule has 2 amide bonds. The Morgan fingerprint density at radius 1 is 1.25 bits per heavy atom. The fourth-order valence-corrected chi connectivity index (χ4v) is 3.78. The van der Waals surface area contributed by atoms with E-state index in [1.165, 1.54) is 0 Å². The van der Waals surface area contributed by atoms with Crippen molar-refractivity contribution in [2.24, 2.45) is 0 Å². The van der Waals surface area contributed by atoms with Crippen molar-refractivity contribution in [2.45, 2.75) is 44.2 Å². The predicted octanol–water partition coefficient (Wildman–Crippen LogP) is 3.12. The Morgan fingerprint density at radius 2 is 2.14 bits per heavy atom. The van der Waals surface area contributed by atoms with Crippen LogP contribution in [0, 0.1) is 0 Å². The molecule has 0 radical (unpaired) electrons. The Bertz CT molecular complexity index is 984. The number of benzene rings is 1. The molecule has 1 aliphatic rings. The molecule has 0 saturated carbocycles. The average Bonchev–Trinajstić information content (AvgIpc) is 3.35. The largest absolute Gasteiger partial charge is 0.469 e. The number of amides is 2. The zero-order valence-electron chi connectivity index (χ0n) is 15.6. The van der Waals surface area contributed by atoms with E-state index in [0.717, 1.165) is 22.2 Å². The van der Waals surface area contributed by atoms with Gasteiger partial charge in [-0.25, -0.2) is 0 Å². The second-order valence-corrected chi connectivity index (χ2v) is 7.40. The van der Waals surface area contributed by atoms with Gasteiger partial charge in [-0.3, -0.25) is 14.6 Å². The summed E-state index contributed by atoms with van der Waals surface area (Å²) in [6.07, 6.45) is 6.17. The fourth-order valence-electron chi connectivity index (χ4n) is 3.78. The van der Waals surface area contributed by atoms with Gasteiger partial charge in [-0.15, -0.1) is 0 Å². The van der Waals surface area contributed by atoms with Crippen molar-refractivity contribution in [2.75, 3.05) is 0 Å². The molecule has 3 aromatic rings. The molecule has 2 aromatic heterocycles. The second-order valence-electron chi connectivity index (χ2n) is 7.40. The molecule has 1 aromatic carbocycles. The molecule has 0 bridgehead atoms. The normalized spacial score (nSPS) is 18.9. The molecule has 6 nitrogen and oxygen atoms in total. The third-order valence-electron chi connectivity index (χ3n) is 5.30. The van der Waals surface area contributed by atoms with Crippen LogP contribution in [0.4, 0.5) is 0 Å². The van der Waals surface area contributed by atoms with Crippen LogP contribution in [0.3, 0.4) is 0 Å². The number of para-hydroxylation sites is 1. The van der Waals surface area contributed by atoms with Gasteiger partial charge in [0.2, 0.25) is 11.8 Å². The minimum Gasteiger partial charge on any atom is -0.469 e. The number of nitrogens with one attached hydrogen (secondary N) is 2. The summed E-state index contributed by atoms with van der Waals surface area (Å²) >= 11 is 0. The number of rotatable bonds is 7. The first kappa shape index (κ1) is 18.2. The molecule has 1 atom stereocenters. The number of pyridine rings is 1. The molecule has 144 valence electrons. The van der Waals surface area contributed by atoms with Crippen LogP contribution < -0.4 is 10.6 Å². The van der Waals surface area contributed by atoms with Crippen molar-refractivity contribution in [3.05, 3.63) is 66.2 Å². The first-order valence-corrected chi connectivity index (χ1v) is 9.56. The van der Waals surface area contributed by atoms with E-state index in [1.54, 1.807) is 12.5 Å². The van der Waals surface area contributed by atoms with Crippen molar-refractivity contribution >= 4 is 22.7 Å². The average molecular weight is 377 g/mol. The standard InChI is InChI=1S/C22H23N3O3/c26-20(24-15-16-12-17-4-1-2-6-19(17)23-14-16)7-9-22(10-8-21(27)25-22)13-18-5-3-11-28-18/h1-6,11-12,14H,7-10,13,15H2,(H,24,26)(H,25,27)/t22-/m0/s1. The maximum Gasteiger partial charge on any atom is 0.220 e. The van der Waals surface area contributed by atoms with E-state index in [0.29, 0.717) is 38.6 Å². The number of hydrogen-bond acceptors (Lipinski definition) is 4. The molecule has 1 aliphatic heterocycles. The highest BCUT2D eigenvalue weighted by atomic mass is 16.3. The highest BCUT2D eigenvalue weighted by Crippen LogP contribution is 2.29. The van der Waals surface area contributed by atoms with Gasteiger partial charge in [0.05, 0.1) is 11.8 Å². The van der Waals surface area contributed by atoms with Crippen molar-refractivity contribution in [3.63, 3.8) is 0 Å². The lowest BCUT2D eigenvalue weighted by atomic mass is 9.87. The fraction of sp³-hybridized carbons (Fsp3) is 0.318. The number of carbonyl (C=O) groups excluding carboxylic acids is 2. The predicted molar refractivity (Wildman–Crippen MR) is 105 cm³/mol. The second kappa shape index (κ2) is 7.84. The Hall–Kier alpha value is -3.15. The van der Waals surface area contributed by atoms with Gasteiger partial charge in [0.25, 0.3) is 0 Å². The summed E-state index contributed by atoms with van der Waals surface area (Å²) in [5, 5.41) is 7.08. The summed E-state index contributed by atoms with van der Waals surface area (Å²) in [7, 11) is 0. The molecular weight excluding hydrogens is 354 g/mol. The van der Waals surface area contributed by atoms with Crippen molar-refractivity contribution in [1.82, 2.24) is 15.6 Å². The smallest absolute Gasteiger partial charge is 0.220 e. The van der Waals surface area contributed by atoms with E-state index in [4.69, 9.17) is 4.42 Å². The molecule has 4 rings (SSSR count). The number of aromatic nitrogens is 1. The van der Waals surface area contributed by atoms with Crippen LogP contribution in [0.2, 0.25) is 0 Å². The molecular formula is C22H23N3O3. The van der Waals surface area contributed by atoms with Crippen LogP contribution in [0.1, 0.15) is 37.0 Å². The van der Waals surface area contributed by atoms with Crippen LogP contribution in [-0.4, -0.2) is 22.3 Å². The number of fused-ring (bicyclic) bond motifs is 1. The first-order valence-electron chi connectivity index (χ1n) is 9.56. The van der Waals surface area contributed by atoms with E-state index in [1.807, 2.05) is 42.5 Å². The van der Waals surface area contributed by atoms with E-state index >= 15 is 0 Å². The molecule has 0 unspecified atom stereocenters. The summed E-state index contributed by atoms with van der Waals surface area (Å²) in [6.45, 7) is 0.439. The van der Waals surface area contributed by atoms with Gasteiger partial charge < -0.3 is 15.1 Å². The SMILES string of the molecule is O=C(CC[C@@]1(Cc2ccco2)CCC(=O)N1)NCc1cnc2ccccc2c1. The van der Waals surface area contributed by atoms with Gasteiger partial charge in [0, 0.05) is 42.9 Å². The van der Waals surface area contributed by atoms with Crippen LogP contribution in [0.5, 0.6) is 0 Å². The minimum atomic E-state index is -0.406. The van der Waals surface area contributed by atoms with E-state index in [9.17, 15) is 9.59 Å². The third-order valence-corrected chi connectivity index (χ3v) is 5.30. The van der Waals surface area contributed by atoms with E-state index in [-0.39, 0.29) is 11.8 Å². The summed E-state index contributed by atoms with van der Waals surface area (Å²) in [6, 6.07) is 13.7. The quantitative estimate of drug-likeness (QED) is 0.663. The summed E-state index contributed by atoms with van der Waals surface area (Å²) in [5.74, 6) is 0.826. The number of hydrogen-bond donors (Lipinski definition) is 2. The Labute approximate surface area is 163 Å². The third kappa shape index (κ3) is 4.22. The van der Waals surface area contributed by atoms with Gasteiger partial charge in [-0.05, 0) is 42.7 Å². The van der Waals surface area contributed by atoms with Crippen molar-refractivity contribution in [1.29, 1.82) is 0 Å². The monoisotopic (exact) mass is 377 g/mol. The Balaban J connectivity index is 1.33. The first-order chi connectivity index (χ1) is 13.6. The van der Waals surface area contributed by atoms with Crippen molar-refractivity contribution in [3.8, 4) is 0 Å². The topological polar surface area (TPSA) is 84.2 Å². The van der Waals surface area contributed by atoms with Gasteiger partial charge in [0.1, 0.15) is 5.76 Å². The molecule has 0 spiro atoms. The van der Waals surface area contributed by atoms with Crippen LogP contribution in [-0.2, 0) is 22.6 Å². The number of carbonyl (C=O) groups is 2. The summed E-state index contributed by atoms with van der Waals surface area (Å²) < 4.78 is 5.44. The maximum absolute atomic E-state index is 12.4. The number of furan rings is 1. The van der Waals surface area contributed by atoms with E-state index in [2.05, 4.69) is 15.6 Å². The molecule has 1 fully saturated rings. The maximum atomic E-state index is 12.4. The van der Waals surface area contributed by atoms with Crippen LogP contribution in [0.25, 0.3) is 10.9 Å². The van der Waals surface area contributed by atoms with E-state index < -0.39 is 5.54 Å². The molecule has 3 heterocycles. The van der Waals surface area contributed by atoms with Gasteiger partial charge in [-0.2, -0.15) is 0 Å². The zero-order valence-corrected chi connectivity index (χ0v) is 15.6. The van der Waals surface area contributed by atoms with Gasteiger partial charge in [-0.1, -0.05) is 18.2 Å². The van der Waals surface area contributed by atoms with Gasteiger partial charge in [0.15, 0.2) is 0 Å². The van der Waals surface area contributed by atoms with Gasteiger partial charge >= 0.3 is 0 Å². The highest BCUT2D eigenvalue weighted by Gasteiger charge is 2.38. The molecule has 6 heteroatoms.